The van der Waals surface area contributed by atoms with Crippen molar-refractivity contribution in [2.24, 2.45) is 0 Å². The van der Waals surface area contributed by atoms with Gasteiger partial charge in [-0.1, -0.05) is 19.8 Å². The quantitative estimate of drug-likeness (QED) is 0.683. The van der Waals surface area contributed by atoms with Crippen LogP contribution < -0.4 is 4.74 Å². The van der Waals surface area contributed by atoms with Gasteiger partial charge in [-0.15, -0.1) is 0 Å². The molecule has 23 heavy (non-hydrogen) atoms. The third-order valence-corrected chi connectivity index (χ3v) is 6.09. The lowest BCUT2D eigenvalue weighted by molar-refractivity contribution is 0.185. The van der Waals surface area contributed by atoms with Gasteiger partial charge >= 0.3 is 0 Å². The highest BCUT2D eigenvalue weighted by Gasteiger charge is 2.28. The van der Waals surface area contributed by atoms with Gasteiger partial charge in [0.1, 0.15) is 5.75 Å². The SMILES string of the molecule is CCCCCN1CCN(S(=O)(=O)c2ccc(OCC)cc2)CC1. The molecule has 1 aromatic rings. The number of ether oxygens (including phenoxy) is 1. The third-order valence-electron chi connectivity index (χ3n) is 4.18. The fraction of sp³-hybridized carbons (Fsp3) is 0.647. The molecule has 0 unspecified atom stereocenters. The first-order chi connectivity index (χ1) is 11.1. The van der Waals surface area contributed by atoms with Crippen LogP contribution in [0.5, 0.6) is 5.75 Å². The molecule has 0 saturated carbocycles. The van der Waals surface area contributed by atoms with Gasteiger partial charge in [-0.05, 0) is 44.2 Å². The second-order valence-electron chi connectivity index (χ2n) is 5.86. The van der Waals surface area contributed by atoms with E-state index in [2.05, 4.69) is 11.8 Å². The summed E-state index contributed by atoms with van der Waals surface area (Å²) >= 11 is 0. The molecule has 6 heteroatoms. The maximum atomic E-state index is 12.7. The van der Waals surface area contributed by atoms with Crippen LogP contribution in [0.25, 0.3) is 0 Å². The lowest BCUT2D eigenvalue weighted by atomic mass is 10.2. The van der Waals surface area contributed by atoms with E-state index in [4.69, 9.17) is 4.74 Å². The molecule has 1 fully saturated rings. The molecule has 1 aliphatic heterocycles. The molecule has 0 aromatic heterocycles. The number of rotatable bonds is 8. The largest absolute Gasteiger partial charge is 0.494 e. The first kappa shape index (κ1) is 18.2. The van der Waals surface area contributed by atoms with E-state index in [0.29, 0.717) is 30.3 Å². The Morgan fingerprint density at radius 3 is 2.22 bits per heavy atom. The predicted molar refractivity (Wildman–Crippen MR) is 92.3 cm³/mol. The first-order valence-corrected chi connectivity index (χ1v) is 9.97. The van der Waals surface area contributed by atoms with E-state index in [-0.39, 0.29) is 0 Å². The lowest BCUT2D eigenvalue weighted by Gasteiger charge is -2.34. The zero-order valence-corrected chi connectivity index (χ0v) is 15.0. The molecule has 1 aromatic carbocycles. The summed E-state index contributed by atoms with van der Waals surface area (Å²) in [4.78, 5) is 2.71. The van der Waals surface area contributed by atoms with Gasteiger partial charge in [0.25, 0.3) is 0 Å². The molecule has 0 aliphatic carbocycles. The fourth-order valence-corrected chi connectivity index (χ4v) is 4.22. The van der Waals surface area contributed by atoms with E-state index in [0.717, 1.165) is 19.6 Å². The number of nitrogens with zero attached hydrogens (tertiary/aromatic N) is 2. The highest BCUT2D eigenvalue weighted by molar-refractivity contribution is 7.89. The standard InChI is InChI=1S/C17H28N2O3S/c1-3-5-6-11-18-12-14-19(15-13-18)23(20,21)17-9-7-16(8-10-17)22-4-2/h7-10H,3-6,11-15H2,1-2H3. The van der Waals surface area contributed by atoms with Gasteiger partial charge in [-0.2, -0.15) is 4.31 Å². The monoisotopic (exact) mass is 340 g/mol. The average molecular weight is 340 g/mol. The van der Waals surface area contributed by atoms with Gasteiger partial charge in [-0.3, -0.25) is 0 Å². The van der Waals surface area contributed by atoms with Crippen molar-refractivity contribution in [3.05, 3.63) is 24.3 Å². The van der Waals surface area contributed by atoms with Crippen molar-refractivity contribution < 1.29 is 13.2 Å². The molecule has 5 nitrogen and oxygen atoms in total. The number of benzene rings is 1. The average Bonchev–Trinajstić information content (AvgIpc) is 2.56. The summed E-state index contributed by atoms with van der Waals surface area (Å²) in [5.74, 6) is 0.701. The number of hydrogen-bond donors (Lipinski definition) is 0. The summed E-state index contributed by atoms with van der Waals surface area (Å²) in [5.41, 5.74) is 0. The van der Waals surface area contributed by atoms with E-state index in [1.165, 1.54) is 19.3 Å². The molecule has 0 bridgehead atoms. The van der Waals surface area contributed by atoms with Crippen molar-refractivity contribution in [3.63, 3.8) is 0 Å². The lowest BCUT2D eigenvalue weighted by Crippen LogP contribution is -2.48. The van der Waals surface area contributed by atoms with Crippen LogP contribution in [0.1, 0.15) is 33.1 Å². The maximum absolute atomic E-state index is 12.7. The Labute approximate surface area is 140 Å². The van der Waals surface area contributed by atoms with E-state index in [1.807, 2.05) is 6.92 Å². The van der Waals surface area contributed by atoms with Crippen LogP contribution >= 0.6 is 0 Å². The number of hydrogen-bond acceptors (Lipinski definition) is 4. The molecular weight excluding hydrogens is 312 g/mol. The van der Waals surface area contributed by atoms with Crippen LogP contribution in [-0.4, -0.2) is 57.0 Å². The summed E-state index contributed by atoms with van der Waals surface area (Å²) < 4.78 is 32.3. The number of sulfonamides is 1. The van der Waals surface area contributed by atoms with Gasteiger partial charge in [0.2, 0.25) is 10.0 Å². The van der Waals surface area contributed by atoms with Gasteiger partial charge in [0, 0.05) is 26.2 Å². The van der Waals surface area contributed by atoms with Crippen LogP contribution in [-0.2, 0) is 10.0 Å². The Balaban J connectivity index is 1.93. The molecule has 0 spiro atoms. The fourth-order valence-electron chi connectivity index (χ4n) is 2.80. The smallest absolute Gasteiger partial charge is 0.243 e. The second kappa shape index (κ2) is 8.66. The Kier molecular flexibility index (Phi) is 6.87. The van der Waals surface area contributed by atoms with Crippen molar-refractivity contribution in [2.75, 3.05) is 39.3 Å². The summed E-state index contributed by atoms with van der Waals surface area (Å²) in [6.07, 6.45) is 3.65. The Morgan fingerprint density at radius 1 is 1.00 bits per heavy atom. The van der Waals surface area contributed by atoms with Gasteiger partial charge in [0.05, 0.1) is 11.5 Å². The minimum absolute atomic E-state index is 0.348. The van der Waals surface area contributed by atoms with Crippen LogP contribution in [0.15, 0.2) is 29.2 Å². The van der Waals surface area contributed by atoms with Crippen molar-refractivity contribution in [3.8, 4) is 5.75 Å². The Hall–Kier alpha value is -1.11. The number of piperazine rings is 1. The van der Waals surface area contributed by atoms with E-state index in [9.17, 15) is 8.42 Å². The summed E-state index contributed by atoms with van der Waals surface area (Å²) in [5, 5.41) is 0. The highest BCUT2D eigenvalue weighted by atomic mass is 32.2. The maximum Gasteiger partial charge on any atom is 0.243 e. The minimum Gasteiger partial charge on any atom is -0.494 e. The van der Waals surface area contributed by atoms with E-state index < -0.39 is 10.0 Å². The first-order valence-electron chi connectivity index (χ1n) is 8.53. The Bertz CT molecular complexity index is 564. The van der Waals surface area contributed by atoms with Gasteiger partial charge in [0.15, 0.2) is 0 Å². The zero-order valence-electron chi connectivity index (χ0n) is 14.2. The topological polar surface area (TPSA) is 49.9 Å². The van der Waals surface area contributed by atoms with Crippen molar-refractivity contribution in [1.29, 1.82) is 0 Å². The molecule has 1 heterocycles. The Morgan fingerprint density at radius 2 is 1.65 bits per heavy atom. The molecule has 0 radical (unpaired) electrons. The molecule has 0 amide bonds. The van der Waals surface area contributed by atoms with Crippen molar-refractivity contribution >= 4 is 10.0 Å². The van der Waals surface area contributed by atoms with Crippen LogP contribution in [0.3, 0.4) is 0 Å². The molecule has 1 aliphatic rings. The van der Waals surface area contributed by atoms with Gasteiger partial charge < -0.3 is 9.64 Å². The molecule has 1 saturated heterocycles. The summed E-state index contributed by atoms with van der Waals surface area (Å²) in [7, 11) is -3.39. The van der Waals surface area contributed by atoms with Crippen LogP contribution in [0.2, 0.25) is 0 Å². The van der Waals surface area contributed by atoms with Crippen LogP contribution in [0, 0.1) is 0 Å². The van der Waals surface area contributed by atoms with E-state index >= 15 is 0 Å². The number of unbranched alkanes of at least 4 members (excludes halogenated alkanes) is 2. The molecule has 0 N–H and O–H groups in total. The van der Waals surface area contributed by atoms with Crippen molar-refractivity contribution in [1.82, 2.24) is 9.21 Å². The second-order valence-corrected chi connectivity index (χ2v) is 7.80. The third kappa shape index (κ3) is 4.93. The predicted octanol–water partition coefficient (Wildman–Crippen LogP) is 2.58. The van der Waals surface area contributed by atoms with Gasteiger partial charge in [-0.25, -0.2) is 8.42 Å². The van der Waals surface area contributed by atoms with Crippen LogP contribution in [0.4, 0.5) is 0 Å². The van der Waals surface area contributed by atoms with Crippen molar-refractivity contribution in [2.45, 2.75) is 38.0 Å². The normalized spacial score (nSPS) is 17.3. The summed E-state index contributed by atoms with van der Waals surface area (Å²) in [6.45, 7) is 8.53. The zero-order chi connectivity index (χ0) is 16.7. The molecule has 0 atom stereocenters. The molecule has 130 valence electrons. The highest BCUT2D eigenvalue weighted by Crippen LogP contribution is 2.21. The minimum atomic E-state index is -3.39. The van der Waals surface area contributed by atoms with E-state index in [1.54, 1.807) is 28.6 Å². The molecule has 2 rings (SSSR count). The molecular formula is C17H28N2O3S. The summed E-state index contributed by atoms with van der Waals surface area (Å²) in [6, 6.07) is 6.71.